The number of hydrogen-bond acceptors (Lipinski definition) is 5. The standard InChI is InChI=1S/C12H20N2O3S2/c1-9-7-12(19(15,16)14-5-6-17-2)18-11(9)8-13-10-3-4-10/h7,10,13-14H,3-6,8H2,1-2H3. The second kappa shape index (κ2) is 6.32. The summed E-state index contributed by atoms with van der Waals surface area (Å²) in [5.41, 5.74) is 1.03. The van der Waals surface area contributed by atoms with Crippen molar-refractivity contribution in [2.45, 2.75) is 36.6 Å². The van der Waals surface area contributed by atoms with Gasteiger partial charge < -0.3 is 10.1 Å². The summed E-state index contributed by atoms with van der Waals surface area (Å²) < 4.78 is 31.8. The van der Waals surface area contributed by atoms with E-state index in [1.54, 1.807) is 13.2 Å². The van der Waals surface area contributed by atoms with Crippen LogP contribution in [-0.2, 0) is 21.3 Å². The topological polar surface area (TPSA) is 67.4 Å². The summed E-state index contributed by atoms with van der Waals surface area (Å²) in [6, 6.07) is 2.37. The van der Waals surface area contributed by atoms with Gasteiger partial charge in [0.05, 0.1) is 6.61 Å². The highest BCUT2D eigenvalue weighted by molar-refractivity contribution is 7.91. The minimum Gasteiger partial charge on any atom is -0.383 e. The van der Waals surface area contributed by atoms with Crippen LogP contribution in [0.25, 0.3) is 0 Å². The SMILES string of the molecule is COCCNS(=O)(=O)c1cc(C)c(CNC2CC2)s1. The fourth-order valence-electron chi connectivity index (χ4n) is 1.67. The van der Waals surface area contributed by atoms with Crippen LogP contribution in [0.2, 0.25) is 0 Å². The van der Waals surface area contributed by atoms with Gasteiger partial charge in [-0.1, -0.05) is 0 Å². The molecule has 2 N–H and O–H groups in total. The second-order valence-corrected chi connectivity index (χ2v) is 7.85. The molecular weight excluding hydrogens is 284 g/mol. The molecule has 1 aromatic heterocycles. The average molecular weight is 304 g/mol. The summed E-state index contributed by atoms with van der Waals surface area (Å²) in [5, 5.41) is 3.41. The van der Waals surface area contributed by atoms with Crippen LogP contribution in [0, 0.1) is 6.92 Å². The van der Waals surface area contributed by atoms with E-state index in [1.807, 2.05) is 6.92 Å². The van der Waals surface area contributed by atoms with Crippen molar-refractivity contribution in [3.63, 3.8) is 0 Å². The molecule has 1 saturated carbocycles. The summed E-state index contributed by atoms with van der Waals surface area (Å²) in [6.45, 7) is 3.38. The number of nitrogens with one attached hydrogen (secondary N) is 2. The van der Waals surface area contributed by atoms with E-state index in [1.165, 1.54) is 24.2 Å². The third-order valence-electron chi connectivity index (χ3n) is 2.99. The van der Waals surface area contributed by atoms with Crippen molar-refractivity contribution in [3.05, 3.63) is 16.5 Å². The molecule has 19 heavy (non-hydrogen) atoms. The Morgan fingerprint density at radius 1 is 1.47 bits per heavy atom. The lowest BCUT2D eigenvalue weighted by Crippen LogP contribution is -2.26. The summed E-state index contributed by atoms with van der Waals surface area (Å²) in [7, 11) is -1.85. The lowest BCUT2D eigenvalue weighted by atomic mass is 10.3. The molecule has 0 spiro atoms. The Bertz CT molecular complexity index is 521. The van der Waals surface area contributed by atoms with Gasteiger partial charge in [-0.3, -0.25) is 0 Å². The summed E-state index contributed by atoms with van der Waals surface area (Å²) >= 11 is 1.34. The smallest absolute Gasteiger partial charge is 0.250 e. The van der Waals surface area contributed by atoms with Crippen molar-refractivity contribution in [3.8, 4) is 0 Å². The molecule has 0 atom stereocenters. The molecule has 1 fully saturated rings. The number of hydrogen-bond donors (Lipinski definition) is 2. The van der Waals surface area contributed by atoms with Crippen LogP contribution >= 0.6 is 11.3 Å². The molecule has 0 aliphatic heterocycles. The number of rotatable bonds is 8. The highest BCUT2D eigenvalue weighted by atomic mass is 32.2. The fraction of sp³-hybridized carbons (Fsp3) is 0.667. The van der Waals surface area contributed by atoms with Crippen LogP contribution in [0.3, 0.4) is 0 Å². The highest BCUT2D eigenvalue weighted by Crippen LogP contribution is 2.27. The first-order chi connectivity index (χ1) is 9.03. The predicted octanol–water partition coefficient (Wildman–Crippen LogP) is 1.23. The highest BCUT2D eigenvalue weighted by Gasteiger charge is 2.22. The van der Waals surface area contributed by atoms with E-state index >= 15 is 0 Å². The van der Waals surface area contributed by atoms with Crippen molar-refractivity contribution >= 4 is 21.4 Å². The van der Waals surface area contributed by atoms with Gasteiger partial charge >= 0.3 is 0 Å². The maximum absolute atomic E-state index is 12.0. The molecule has 1 aliphatic carbocycles. The predicted molar refractivity (Wildman–Crippen MR) is 76.0 cm³/mol. The Balaban J connectivity index is 2.00. The number of ether oxygens (including phenoxy) is 1. The van der Waals surface area contributed by atoms with Crippen molar-refractivity contribution in [1.29, 1.82) is 0 Å². The third kappa shape index (κ3) is 4.25. The van der Waals surface area contributed by atoms with Crippen LogP contribution in [-0.4, -0.2) is 34.7 Å². The van der Waals surface area contributed by atoms with Gasteiger partial charge in [0.1, 0.15) is 4.21 Å². The molecule has 0 saturated heterocycles. The maximum Gasteiger partial charge on any atom is 0.250 e. The van der Waals surface area contributed by atoms with E-state index in [-0.39, 0.29) is 0 Å². The van der Waals surface area contributed by atoms with E-state index in [9.17, 15) is 8.42 Å². The largest absolute Gasteiger partial charge is 0.383 e. The Morgan fingerprint density at radius 2 is 2.21 bits per heavy atom. The molecule has 0 unspecified atom stereocenters. The molecule has 2 rings (SSSR count). The molecule has 0 aromatic carbocycles. The Morgan fingerprint density at radius 3 is 2.84 bits per heavy atom. The van der Waals surface area contributed by atoms with Crippen molar-refractivity contribution in [1.82, 2.24) is 10.0 Å². The van der Waals surface area contributed by atoms with E-state index in [2.05, 4.69) is 10.0 Å². The van der Waals surface area contributed by atoms with Gasteiger partial charge in [-0.2, -0.15) is 0 Å². The Labute approximate surface area is 118 Å². The molecule has 7 heteroatoms. The van der Waals surface area contributed by atoms with Crippen LogP contribution in [0.15, 0.2) is 10.3 Å². The van der Waals surface area contributed by atoms with Crippen LogP contribution in [0.1, 0.15) is 23.3 Å². The molecule has 5 nitrogen and oxygen atoms in total. The second-order valence-electron chi connectivity index (χ2n) is 4.72. The molecule has 108 valence electrons. The monoisotopic (exact) mass is 304 g/mol. The Hall–Kier alpha value is -0.470. The minimum absolute atomic E-state index is 0.297. The van der Waals surface area contributed by atoms with Crippen molar-refractivity contribution < 1.29 is 13.2 Å². The fourth-order valence-corrected chi connectivity index (χ4v) is 4.27. The van der Waals surface area contributed by atoms with Gasteiger partial charge in [-0.25, -0.2) is 13.1 Å². The number of aryl methyl sites for hydroxylation is 1. The number of methoxy groups -OCH3 is 1. The average Bonchev–Trinajstić information content (AvgIpc) is 3.10. The van der Waals surface area contributed by atoms with Gasteiger partial charge in [-0.15, -0.1) is 11.3 Å². The molecule has 1 heterocycles. The zero-order valence-corrected chi connectivity index (χ0v) is 12.9. The molecule has 0 bridgehead atoms. The van der Waals surface area contributed by atoms with E-state index < -0.39 is 10.0 Å². The van der Waals surface area contributed by atoms with Crippen molar-refractivity contribution in [2.75, 3.05) is 20.3 Å². The lowest BCUT2D eigenvalue weighted by molar-refractivity contribution is 0.204. The zero-order chi connectivity index (χ0) is 13.9. The van der Waals surface area contributed by atoms with Gasteiger partial charge in [-0.05, 0) is 31.4 Å². The summed E-state index contributed by atoms with van der Waals surface area (Å²) in [5.74, 6) is 0. The maximum atomic E-state index is 12.0. The number of sulfonamides is 1. The lowest BCUT2D eigenvalue weighted by Gasteiger charge is -2.03. The van der Waals surface area contributed by atoms with Crippen LogP contribution in [0.5, 0.6) is 0 Å². The van der Waals surface area contributed by atoms with E-state index in [0.717, 1.165) is 17.0 Å². The van der Waals surface area contributed by atoms with Gasteiger partial charge in [0.2, 0.25) is 10.0 Å². The first-order valence-corrected chi connectivity index (χ1v) is 8.64. The quantitative estimate of drug-likeness (QED) is 0.709. The molecule has 0 amide bonds. The van der Waals surface area contributed by atoms with Gasteiger partial charge in [0, 0.05) is 31.1 Å². The molecular formula is C12H20N2O3S2. The Kier molecular flexibility index (Phi) is 4.97. The van der Waals surface area contributed by atoms with E-state index in [0.29, 0.717) is 23.4 Å². The van der Waals surface area contributed by atoms with E-state index in [4.69, 9.17) is 4.74 Å². The summed E-state index contributed by atoms with van der Waals surface area (Å²) in [4.78, 5) is 1.10. The van der Waals surface area contributed by atoms with Crippen molar-refractivity contribution in [2.24, 2.45) is 0 Å². The molecule has 1 aliphatic rings. The third-order valence-corrected chi connectivity index (χ3v) is 6.16. The zero-order valence-electron chi connectivity index (χ0n) is 11.2. The van der Waals surface area contributed by atoms with Crippen LogP contribution < -0.4 is 10.0 Å². The first kappa shape index (κ1) is 14.9. The van der Waals surface area contributed by atoms with Crippen LogP contribution in [0.4, 0.5) is 0 Å². The molecule has 1 aromatic rings. The molecule has 0 radical (unpaired) electrons. The summed E-state index contributed by atoms with van der Waals surface area (Å²) in [6.07, 6.45) is 2.46. The van der Waals surface area contributed by atoms with Gasteiger partial charge in [0.25, 0.3) is 0 Å². The normalized spacial score (nSPS) is 15.9. The number of thiophene rings is 1. The first-order valence-electron chi connectivity index (χ1n) is 6.34. The van der Waals surface area contributed by atoms with Gasteiger partial charge in [0.15, 0.2) is 0 Å². The minimum atomic E-state index is -3.40.